The summed E-state index contributed by atoms with van der Waals surface area (Å²) in [5.41, 5.74) is 0.966. The zero-order valence-electron chi connectivity index (χ0n) is 15.1. The van der Waals surface area contributed by atoms with Crippen LogP contribution in [0.2, 0.25) is 0 Å². The lowest BCUT2D eigenvalue weighted by molar-refractivity contribution is -0.148. The fourth-order valence-corrected chi connectivity index (χ4v) is 7.05. The van der Waals surface area contributed by atoms with Gasteiger partial charge in [-0.05, 0) is 67.8 Å². The molecule has 3 heteroatoms. The van der Waals surface area contributed by atoms with Crippen molar-refractivity contribution in [3.05, 3.63) is 11.6 Å². The van der Waals surface area contributed by atoms with Crippen LogP contribution in [-0.4, -0.2) is 17.3 Å². The van der Waals surface area contributed by atoms with Crippen molar-refractivity contribution in [1.29, 1.82) is 0 Å². The predicted octanol–water partition coefficient (Wildman–Crippen LogP) is 3.90. The minimum Gasteiger partial charge on any atom is -0.300 e. The van der Waals surface area contributed by atoms with E-state index < -0.39 is 0 Å². The van der Waals surface area contributed by atoms with Crippen LogP contribution in [0.15, 0.2) is 11.6 Å². The highest BCUT2D eigenvalue weighted by atomic mass is 16.1. The van der Waals surface area contributed by atoms with Gasteiger partial charge in [0.2, 0.25) is 0 Å². The average molecular weight is 328 g/mol. The van der Waals surface area contributed by atoms with Crippen LogP contribution in [0, 0.1) is 34.5 Å². The third-order valence-corrected chi connectivity index (χ3v) is 8.14. The molecule has 130 valence electrons. The summed E-state index contributed by atoms with van der Waals surface area (Å²) < 4.78 is 0. The Hall–Kier alpha value is -1.25. The first-order chi connectivity index (χ1) is 11.3. The van der Waals surface area contributed by atoms with Crippen molar-refractivity contribution in [2.45, 2.75) is 65.7 Å². The number of hydrogen-bond acceptors (Lipinski definition) is 3. The molecule has 4 rings (SSSR count). The molecular weight excluding hydrogens is 300 g/mol. The van der Waals surface area contributed by atoms with Crippen molar-refractivity contribution in [2.24, 2.45) is 34.5 Å². The molecule has 0 saturated heterocycles. The maximum absolute atomic E-state index is 13.3. The molecule has 4 aliphatic rings. The molecule has 0 spiro atoms. The van der Waals surface area contributed by atoms with Gasteiger partial charge in [0.05, 0.1) is 0 Å². The highest BCUT2D eigenvalue weighted by Crippen LogP contribution is 2.65. The predicted molar refractivity (Wildman–Crippen MR) is 91.3 cm³/mol. The molecule has 0 bridgehead atoms. The van der Waals surface area contributed by atoms with Gasteiger partial charge in [0, 0.05) is 24.7 Å². The second kappa shape index (κ2) is 5.12. The highest BCUT2D eigenvalue weighted by molar-refractivity contribution is 5.93. The Bertz CT molecular complexity index is 660. The molecule has 0 aromatic heterocycles. The van der Waals surface area contributed by atoms with E-state index in [-0.39, 0.29) is 34.2 Å². The van der Waals surface area contributed by atoms with E-state index in [2.05, 4.69) is 13.8 Å². The lowest BCUT2D eigenvalue weighted by Gasteiger charge is -2.56. The number of rotatable bonds is 1. The SMILES string of the molecule is CC(=O)[C@H]1CC[C@H]2[C@@H]3CCC4=CC(=O)CC[C@]4(C)[C@@H]3C(=O)C[C@]12C. The molecular formula is C21H28O3. The summed E-state index contributed by atoms with van der Waals surface area (Å²) in [6, 6.07) is 0. The van der Waals surface area contributed by atoms with Crippen LogP contribution < -0.4 is 0 Å². The summed E-state index contributed by atoms with van der Waals surface area (Å²) in [5, 5.41) is 0. The Morgan fingerprint density at radius 2 is 1.88 bits per heavy atom. The van der Waals surface area contributed by atoms with Crippen molar-refractivity contribution in [3.63, 3.8) is 0 Å². The molecule has 0 aromatic carbocycles. The summed E-state index contributed by atoms with van der Waals surface area (Å²) in [7, 11) is 0. The molecule has 0 aromatic rings. The molecule has 3 fully saturated rings. The molecule has 0 heterocycles. The normalized spacial score (nSPS) is 47.5. The van der Waals surface area contributed by atoms with Crippen LogP contribution in [0.4, 0.5) is 0 Å². The first-order valence-electron chi connectivity index (χ1n) is 9.54. The van der Waals surface area contributed by atoms with Crippen LogP contribution >= 0.6 is 0 Å². The Kier molecular flexibility index (Phi) is 3.47. The fraction of sp³-hybridized carbons (Fsp3) is 0.762. The molecule has 4 aliphatic carbocycles. The smallest absolute Gasteiger partial charge is 0.155 e. The summed E-state index contributed by atoms with van der Waals surface area (Å²) in [5.74, 6) is 1.86. The van der Waals surface area contributed by atoms with Gasteiger partial charge in [0.15, 0.2) is 5.78 Å². The molecule has 0 aliphatic heterocycles. The number of hydrogen-bond donors (Lipinski definition) is 0. The highest BCUT2D eigenvalue weighted by Gasteiger charge is 2.62. The van der Waals surface area contributed by atoms with Crippen LogP contribution in [0.25, 0.3) is 0 Å². The van der Waals surface area contributed by atoms with Crippen LogP contribution in [-0.2, 0) is 14.4 Å². The topological polar surface area (TPSA) is 51.2 Å². The standard InChI is InChI=1S/C21H28O3/c1-12(22)16-6-7-17-15-5-4-13-10-14(23)8-9-20(13,2)19(15)18(24)11-21(16,17)3/h10,15-17,19H,4-9,11H2,1-3H3/t15-,16+,17-,19-,20-,21+/m0/s1. The Balaban J connectivity index is 1.74. The lowest BCUT2D eigenvalue weighted by atomic mass is 9.46. The van der Waals surface area contributed by atoms with Gasteiger partial charge >= 0.3 is 0 Å². The van der Waals surface area contributed by atoms with Crippen LogP contribution in [0.3, 0.4) is 0 Å². The Morgan fingerprint density at radius 3 is 2.58 bits per heavy atom. The largest absolute Gasteiger partial charge is 0.300 e. The summed E-state index contributed by atoms with van der Waals surface area (Å²) in [4.78, 5) is 37.3. The number of carbonyl (C=O) groups excluding carboxylic acids is 3. The number of carbonyl (C=O) groups is 3. The summed E-state index contributed by atoms with van der Waals surface area (Å²) in [6.07, 6.45) is 7.80. The quantitative estimate of drug-likeness (QED) is 0.733. The van der Waals surface area contributed by atoms with Gasteiger partial charge in [0.25, 0.3) is 0 Å². The number of allylic oxidation sites excluding steroid dienone is 1. The molecule has 6 atom stereocenters. The maximum Gasteiger partial charge on any atom is 0.155 e. The molecule has 3 nitrogen and oxygen atoms in total. The van der Waals surface area contributed by atoms with Crippen molar-refractivity contribution in [2.75, 3.05) is 0 Å². The minimum absolute atomic E-state index is 0.0603. The maximum atomic E-state index is 13.3. The van der Waals surface area contributed by atoms with Gasteiger partial charge in [-0.25, -0.2) is 0 Å². The molecule has 0 amide bonds. The molecule has 0 radical (unpaired) electrons. The van der Waals surface area contributed by atoms with Gasteiger partial charge in [-0.2, -0.15) is 0 Å². The summed E-state index contributed by atoms with van der Waals surface area (Å²) in [6.45, 7) is 6.12. The van der Waals surface area contributed by atoms with Crippen LogP contribution in [0.1, 0.15) is 65.7 Å². The van der Waals surface area contributed by atoms with E-state index in [9.17, 15) is 14.4 Å². The van der Waals surface area contributed by atoms with E-state index >= 15 is 0 Å². The van der Waals surface area contributed by atoms with Gasteiger partial charge in [-0.15, -0.1) is 0 Å². The fourth-order valence-electron chi connectivity index (χ4n) is 7.05. The first-order valence-corrected chi connectivity index (χ1v) is 9.54. The van der Waals surface area contributed by atoms with Crippen molar-refractivity contribution >= 4 is 17.3 Å². The Labute approximate surface area is 144 Å². The number of Topliss-reactive ketones (excluding diaryl/α,β-unsaturated/α-hetero) is 2. The van der Waals surface area contributed by atoms with E-state index in [4.69, 9.17) is 0 Å². The monoisotopic (exact) mass is 328 g/mol. The first kappa shape index (κ1) is 16.2. The van der Waals surface area contributed by atoms with E-state index in [0.29, 0.717) is 30.5 Å². The zero-order chi connectivity index (χ0) is 17.3. The van der Waals surface area contributed by atoms with Crippen LogP contribution in [0.5, 0.6) is 0 Å². The zero-order valence-corrected chi connectivity index (χ0v) is 15.1. The van der Waals surface area contributed by atoms with Crippen molar-refractivity contribution in [1.82, 2.24) is 0 Å². The second-order valence-corrected chi connectivity index (χ2v) is 9.23. The van der Waals surface area contributed by atoms with Gasteiger partial charge in [0.1, 0.15) is 11.6 Å². The summed E-state index contributed by atoms with van der Waals surface area (Å²) >= 11 is 0. The lowest BCUT2D eigenvalue weighted by Crippen LogP contribution is -2.55. The second-order valence-electron chi connectivity index (χ2n) is 9.23. The van der Waals surface area contributed by atoms with E-state index in [1.54, 1.807) is 6.92 Å². The molecule has 0 N–H and O–H groups in total. The Morgan fingerprint density at radius 1 is 1.12 bits per heavy atom. The van der Waals surface area contributed by atoms with E-state index in [1.165, 1.54) is 5.57 Å². The van der Waals surface area contributed by atoms with E-state index in [0.717, 1.165) is 32.1 Å². The third kappa shape index (κ3) is 1.99. The van der Waals surface area contributed by atoms with E-state index in [1.807, 2.05) is 6.08 Å². The molecule has 24 heavy (non-hydrogen) atoms. The molecule has 0 unspecified atom stereocenters. The van der Waals surface area contributed by atoms with Crippen molar-refractivity contribution in [3.8, 4) is 0 Å². The van der Waals surface area contributed by atoms with Gasteiger partial charge in [-0.3, -0.25) is 14.4 Å². The number of fused-ring (bicyclic) bond motifs is 5. The number of ketones is 3. The molecule has 3 saturated carbocycles. The minimum atomic E-state index is -0.133. The van der Waals surface area contributed by atoms with Gasteiger partial charge in [-0.1, -0.05) is 19.4 Å². The van der Waals surface area contributed by atoms with Gasteiger partial charge < -0.3 is 0 Å². The average Bonchev–Trinajstić information content (AvgIpc) is 2.84. The third-order valence-electron chi connectivity index (χ3n) is 8.14. The van der Waals surface area contributed by atoms with Crippen molar-refractivity contribution < 1.29 is 14.4 Å².